The van der Waals surface area contributed by atoms with Crippen molar-refractivity contribution in [1.29, 1.82) is 5.26 Å². The van der Waals surface area contributed by atoms with Crippen LogP contribution in [0.5, 0.6) is 0 Å². The van der Waals surface area contributed by atoms with Crippen molar-refractivity contribution in [2.45, 2.75) is 0 Å². The molecule has 0 spiro atoms. The Morgan fingerprint density at radius 1 is 0.480 bits per heavy atom. The fourth-order valence-electron chi connectivity index (χ4n) is 7.45. The average molecular weight is 636 g/mol. The molecule has 0 radical (unpaired) electrons. The second-order valence-electron chi connectivity index (χ2n) is 12.2. The maximum absolute atomic E-state index is 10.3. The smallest absolute Gasteiger partial charge is 0.188 e. The molecule has 0 amide bonds. The van der Waals surface area contributed by atoms with Gasteiger partial charge in [-0.25, -0.2) is 9.69 Å². The molecule has 0 aliphatic heterocycles. The average Bonchev–Trinajstić information content (AvgIpc) is 3.70. The van der Waals surface area contributed by atoms with Crippen LogP contribution in [-0.2, 0) is 0 Å². The highest BCUT2D eigenvalue weighted by Crippen LogP contribution is 2.43. The first-order valence-corrected chi connectivity index (χ1v) is 16.2. The minimum absolute atomic E-state index is 0.541. The minimum Gasteiger partial charge on any atom is -0.309 e. The molecule has 0 N–H and O–H groups in total. The van der Waals surface area contributed by atoms with Crippen LogP contribution in [0.25, 0.3) is 86.9 Å². The van der Waals surface area contributed by atoms with Gasteiger partial charge in [-0.05, 0) is 76.7 Å². The number of aromatic nitrogens is 2. The van der Waals surface area contributed by atoms with Crippen molar-refractivity contribution in [2.24, 2.45) is 0 Å². The van der Waals surface area contributed by atoms with E-state index >= 15 is 0 Å². The Kier molecular flexibility index (Phi) is 6.56. The molecule has 2 aromatic heterocycles. The Labute approximate surface area is 288 Å². The number of fused-ring (bicyclic) bond motifs is 6. The molecule has 0 saturated carbocycles. The summed E-state index contributed by atoms with van der Waals surface area (Å²) < 4.78 is 4.45. The van der Waals surface area contributed by atoms with E-state index in [-0.39, 0.29) is 0 Å². The predicted molar refractivity (Wildman–Crippen MR) is 203 cm³/mol. The van der Waals surface area contributed by atoms with E-state index in [1.807, 2.05) is 66.7 Å². The summed E-state index contributed by atoms with van der Waals surface area (Å²) in [7, 11) is 0. The maximum atomic E-state index is 10.3. The molecule has 230 valence electrons. The van der Waals surface area contributed by atoms with Crippen LogP contribution in [-0.4, -0.2) is 9.13 Å². The minimum atomic E-state index is 0.541. The van der Waals surface area contributed by atoms with E-state index in [2.05, 4.69) is 110 Å². The highest BCUT2D eigenvalue weighted by molar-refractivity contribution is 6.13. The SMILES string of the molecule is [C-]#[N+]c1ccc(-c2cccc(-n3c4ccccc4c4ccccc43)c2)c(-c2ccccc2-n2c3ccc([N+]#[C-])cc3c3cccc(C#N)c32)c1. The zero-order valence-electron chi connectivity index (χ0n) is 26.7. The van der Waals surface area contributed by atoms with Crippen LogP contribution < -0.4 is 0 Å². The molecule has 7 aromatic carbocycles. The van der Waals surface area contributed by atoms with E-state index in [0.29, 0.717) is 16.9 Å². The number of benzene rings is 7. The van der Waals surface area contributed by atoms with Gasteiger partial charge in [-0.1, -0.05) is 97.1 Å². The zero-order valence-corrected chi connectivity index (χ0v) is 26.7. The molecule has 9 rings (SSSR count). The Bertz CT molecular complexity index is 2920. The van der Waals surface area contributed by atoms with Crippen LogP contribution in [0.2, 0.25) is 0 Å². The predicted octanol–water partition coefficient (Wildman–Crippen LogP) is 12.2. The van der Waals surface area contributed by atoms with Crippen molar-refractivity contribution >= 4 is 55.0 Å². The summed E-state index contributed by atoms with van der Waals surface area (Å²) >= 11 is 0. The fraction of sp³-hybridized carbons (Fsp3) is 0. The monoisotopic (exact) mass is 635 g/mol. The van der Waals surface area contributed by atoms with Gasteiger partial charge in [0.1, 0.15) is 6.07 Å². The van der Waals surface area contributed by atoms with E-state index in [1.54, 1.807) is 0 Å². The summed E-state index contributed by atoms with van der Waals surface area (Å²) in [4.78, 5) is 7.51. The lowest BCUT2D eigenvalue weighted by molar-refractivity contribution is 1.18. The highest BCUT2D eigenvalue weighted by Gasteiger charge is 2.20. The van der Waals surface area contributed by atoms with E-state index in [0.717, 1.165) is 66.5 Å². The lowest BCUT2D eigenvalue weighted by Crippen LogP contribution is -1.99. The number of para-hydroxylation sites is 4. The third-order valence-corrected chi connectivity index (χ3v) is 9.58. The lowest BCUT2D eigenvalue weighted by atomic mass is 9.92. The van der Waals surface area contributed by atoms with Gasteiger partial charge < -0.3 is 9.13 Å². The van der Waals surface area contributed by atoms with Crippen molar-refractivity contribution < 1.29 is 0 Å². The van der Waals surface area contributed by atoms with Crippen molar-refractivity contribution in [3.8, 4) is 39.7 Å². The molecule has 0 atom stereocenters. The molecule has 9 aromatic rings. The van der Waals surface area contributed by atoms with Gasteiger partial charge in [0.05, 0.1) is 46.5 Å². The molecular weight excluding hydrogens is 611 g/mol. The van der Waals surface area contributed by atoms with E-state index < -0.39 is 0 Å². The van der Waals surface area contributed by atoms with Gasteiger partial charge in [-0.2, -0.15) is 5.26 Å². The number of hydrogen-bond donors (Lipinski definition) is 0. The summed E-state index contributed by atoms with van der Waals surface area (Å²) in [5, 5.41) is 14.5. The topological polar surface area (TPSA) is 42.4 Å². The van der Waals surface area contributed by atoms with Crippen LogP contribution in [0.3, 0.4) is 0 Å². The van der Waals surface area contributed by atoms with Gasteiger partial charge in [0.15, 0.2) is 11.4 Å². The van der Waals surface area contributed by atoms with Crippen molar-refractivity contribution in [3.63, 3.8) is 0 Å². The van der Waals surface area contributed by atoms with Crippen LogP contribution >= 0.6 is 0 Å². The Hall–Kier alpha value is -7.39. The second kappa shape index (κ2) is 11.4. The van der Waals surface area contributed by atoms with Crippen LogP contribution in [0.1, 0.15) is 5.56 Å². The molecule has 0 saturated heterocycles. The fourth-order valence-corrected chi connectivity index (χ4v) is 7.45. The van der Waals surface area contributed by atoms with Crippen LogP contribution in [0.15, 0.2) is 152 Å². The summed E-state index contributed by atoms with van der Waals surface area (Å²) in [6.07, 6.45) is 0. The molecule has 50 heavy (non-hydrogen) atoms. The van der Waals surface area contributed by atoms with Gasteiger partial charge in [0, 0.05) is 27.4 Å². The summed E-state index contributed by atoms with van der Waals surface area (Å²) in [5.41, 5.74) is 11.4. The normalized spacial score (nSPS) is 11.1. The number of nitriles is 1. The first kappa shape index (κ1) is 28.8. The molecule has 5 nitrogen and oxygen atoms in total. The molecule has 0 aliphatic carbocycles. The van der Waals surface area contributed by atoms with Gasteiger partial charge in [0.25, 0.3) is 0 Å². The molecule has 0 fully saturated rings. The number of rotatable bonds is 4. The molecule has 2 heterocycles. The van der Waals surface area contributed by atoms with Crippen molar-refractivity contribution in [3.05, 3.63) is 180 Å². The molecular formula is C45H25N5. The number of nitrogens with zero attached hydrogens (tertiary/aromatic N) is 5. The highest BCUT2D eigenvalue weighted by atomic mass is 15.0. The van der Waals surface area contributed by atoms with Crippen LogP contribution in [0, 0.1) is 24.5 Å². The first-order valence-electron chi connectivity index (χ1n) is 16.2. The second-order valence-corrected chi connectivity index (χ2v) is 12.2. The zero-order chi connectivity index (χ0) is 33.8. The largest absolute Gasteiger partial charge is 0.309 e. The van der Waals surface area contributed by atoms with E-state index in [9.17, 15) is 5.26 Å². The molecule has 0 bridgehead atoms. The van der Waals surface area contributed by atoms with Crippen LogP contribution in [0.4, 0.5) is 11.4 Å². The summed E-state index contributed by atoms with van der Waals surface area (Å²) in [6, 6.07) is 53.4. The van der Waals surface area contributed by atoms with Crippen molar-refractivity contribution in [2.75, 3.05) is 0 Å². The summed E-state index contributed by atoms with van der Waals surface area (Å²) in [5.74, 6) is 0. The van der Waals surface area contributed by atoms with Gasteiger partial charge in [-0.3, -0.25) is 0 Å². The maximum Gasteiger partial charge on any atom is 0.188 e. The Morgan fingerprint density at radius 3 is 1.88 bits per heavy atom. The third kappa shape index (κ3) is 4.31. The van der Waals surface area contributed by atoms with E-state index in [1.165, 1.54) is 10.8 Å². The first-order chi connectivity index (χ1) is 24.7. The number of hydrogen-bond acceptors (Lipinski definition) is 1. The van der Waals surface area contributed by atoms with Gasteiger partial charge in [0.2, 0.25) is 0 Å². The Balaban J connectivity index is 1.31. The summed E-state index contributed by atoms with van der Waals surface area (Å²) in [6.45, 7) is 15.6. The standard InChI is InChI=1S/C45H25N5/c1-47-31-21-23-34(29-11-9-13-33(25-29)49-41-18-6-3-14-35(41)36-15-4-7-19-42(36)49)39(26-31)37-16-5-8-20-43(37)50-44-24-22-32(48-2)27-40(44)38-17-10-12-30(28-46)45(38)50/h3-27H. The molecule has 0 aliphatic rings. The molecule has 5 heteroatoms. The Morgan fingerprint density at radius 2 is 1.12 bits per heavy atom. The van der Waals surface area contributed by atoms with Crippen molar-refractivity contribution in [1.82, 2.24) is 9.13 Å². The van der Waals surface area contributed by atoms with Gasteiger partial charge >= 0.3 is 0 Å². The molecule has 0 unspecified atom stereocenters. The van der Waals surface area contributed by atoms with E-state index in [4.69, 9.17) is 13.1 Å². The quantitative estimate of drug-likeness (QED) is 0.177. The third-order valence-electron chi connectivity index (χ3n) is 9.58. The lowest BCUT2D eigenvalue weighted by Gasteiger charge is -2.18. The van der Waals surface area contributed by atoms with Gasteiger partial charge in [-0.15, -0.1) is 0 Å².